The molecular weight excluding hydrogens is 171 g/mol. The van der Waals surface area contributed by atoms with E-state index in [0.717, 1.165) is 0 Å². The average Bonchev–Trinajstić information content (AvgIpc) is 1.84. The second-order valence-corrected chi connectivity index (χ2v) is 3.87. The molecule has 3 heteroatoms. The van der Waals surface area contributed by atoms with Gasteiger partial charge >= 0.3 is 55.1 Å². The monoisotopic (exact) mass is 182 g/mol. The molecule has 8 heavy (non-hydrogen) atoms. The second kappa shape index (κ2) is 3.93. The molecule has 0 radical (unpaired) electrons. The first-order chi connectivity index (χ1) is 3.72. The molecule has 0 N–H and O–H groups in total. The van der Waals surface area contributed by atoms with Crippen molar-refractivity contribution in [1.82, 2.24) is 0 Å². The molecule has 1 unspecified atom stereocenters. The first-order valence-electron chi connectivity index (χ1n) is 2.33. The zero-order chi connectivity index (χ0) is 6.57. The summed E-state index contributed by atoms with van der Waals surface area (Å²) >= 11 is 0.382. The van der Waals surface area contributed by atoms with Crippen LogP contribution < -0.4 is 0 Å². The summed E-state index contributed by atoms with van der Waals surface area (Å²) in [6, 6.07) is 0. The Balaban J connectivity index is 3.46. The van der Waals surface area contributed by atoms with Crippen molar-refractivity contribution in [1.29, 1.82) is 0 Å². The van der Waals surface area contributed by atoms with Crippen LogP contribution in [0.1, 0.15) is 6.92 Å². The van der Waals surface area contributed by atoms with Crippen molar-refractivity contribution in [2.24, 2.45) is 0 Å². The van der Waals surface area contributed by atoms with Gasteiger partial charge in [-0.2, -0.15) is 0 Å². The van der Waals surface area contributed by atoms with Gasteiger partial charge in [0.2, 0.25) is 0 Å². The fourth-order valence-electron chi connectivity index (χ4n) is 0.262. The minimum atomic E-state index is -0.0903. The Morgan fingerprint density at radius 3 is 2.38 bits per heavy atom. The van der Waals surface area contributed by atoms with E-state index in [1.54, 1.807) is 0 Å². The maximum atomic E-state index is 10.5. The number of rotatable bonds is 2. The van der Waals surface area contributed by atoms with E-state index in [1.807, 2.05) is 12.7 Å². The van der Waals surface area contributed by atoms with E-state index >= 15 is 0 Å². The van der Waals surface area contributed by atoms with Gasteiger partial charge in [0.25, 0.3) is 0 Å². The summed E-state index contributed by atoms with van der Waals surface area (Å²) < 4.78 is 4.48. The van der Waals surface area contributed by atoms with E-state index in [1.165, 1.54) is 7.11 Å². The Hall–Kier alpha value is -0.0105. The fraction of sp³-hybridized carbons (Fsp3) is 0.800. The Kier molecular flexibility index (Phi) is 3.92. The van der Waals surface area contributed by atoms with Gasteiger partial charge in [-0.3, -0.25) is 0 Å². The van der Waals surface area contributed by atoms with Gasteiger partial charge in [-0.05, 0) is 0 Å². The van der Waals surface area contributed by atoms with Gasteiger partial charge in [0.15, 0.2) is 0 Å². The van der Waals surface area contributed by atoms with Crippen LogP contribution in [0.5, 0.6) is 0 Å². The molecule has 0 spiro atoms. The molecule has 0 aromatic carbocycles. The van der Waals surface area contributed by atoms with Crippen LogP contribution in [0.4, 0.5) is 0 Å². The molecule has 0 aliphatic heterocycles. The Morgan fingerprint density at radius 2 is 2.25 bits per heavy atom. The zero-order valence-corrected chi connectivity index (χ0v) is 7.02. The molecule has 2 nitrogen and oxygen atoms in total. The van der Waals surface area contributed by atoms with Crippen LogP contribution in [0.2, 0.25) is 10.6 Å². The minimum absolute atomic E-state index is 0.0903. The summed E-state index contributed by atoms with van der Waals surface area (Å²) in [5.41, 5.74) is 0. The van der Waals surface area contributed by atoms with Crippen molar-refractivity contribution >= 4 is 20.9 Å². The second-order valence-electron chi connectivity index (χ2n) is 1.40. The number of ether oxygens (including phenoxy) is 1. The molecule has 1 atom stereocenters. The number of carbonyl (C=O) groups excluding carboxylic acids is 1. The number of carbonyl (C=O) groups is 1. The van der Waals surface area contributed by atoms with E-state index in [2.05, 4.69) is 4.74 Å². The molecule has 0 bridgehead atoms. The van der Waals surface area contributed by atoms with Gasteiger partial charge in [0.1, 0.15) is 0 Å². The molecule has 0 aromatic rings. The van der Waals surface area contributed by atoms with Crippen LogP contribution >= 0.6 is 0 Å². The zero-order valence-electron chi connectivity index (χ0n) is 5.30. The predicted octanol–water partition coefficient (Wildman–Crippen LogP) is 0.720. The van der Waals surface area contributed by atoms with Crippen molar-refractivity contribution in [3.05, 3.63) is 0 Å². The first kappa shape index (κ1) is 7.99. The Bertz CT molecular complexity index is 82.5. The Labute approximate surface area is 55.8 Å². The van der Waals surface area contributed by atoms with Crippen molar-refractivity contribution in [3.63, 3.8) is 0 Å². The third kappa shape index (κ3) is 2.34. The van der Waals surface area contributed by atoms with Gasteiger partial charge in [-0.15, -0.1) is 0 Å². The van der Waals surface area contributed by atoms with Crippen molar-refractivity contribution in [2.75, 3.05) is 7.11 Å². The van der Waals surface area contributed by atoms with E-state index in [-0.39, 0.29) is 10.8 Å². The van der Waals surface area contributed by atoms with Crippen molar-refractivity contribution in [2.45, 2.75) is 17.6 Å². The first-order valence-corrected chi connectivity index (χ1v) is 5.03. The van der Waals surface area contributed by atoms with E-state index in [4.69, 9.17) is 0 Å². The van der Waals surface area contributed by atoms with E-state index in [0.29, 0.717) is 15.0 Å². The van der Waals surface area contributed by atoms with E-state index in [9.17, 15) is 4.79 Å². The van der Waals surface area contributed by atoms with Gasteiger partial charge in [-0.1, -0.05) is 0 Å². The molecular formula is C5H10O2Se. The molecule has 48 valence electrons. The number of hydrogen-bond acceptors (Lipinski definition) is 2. The van der Waals surface area contributed by atoms with E-state index < -0.39 is 0 Å². The van der Waals surface area contributed by atoms with Crippen LogP contribution in [-0.4, -0.2) is 28.0 Å². The standard InChI is InChI=1S/C5H10O2Se/c1-4(8-3)5(6)7-2/h4H,1-3H3. The van der Waals surface area contributed by atoms with Crippen molar-refractivity contribution in [3.8, 4) is 0 Å². The topological polar surface area (TPSA) is 26.3 Å². The number of esters is 1. The summed E-state index contributed by atoms with van der Waals surface area (Å²) in [4.78, 5) is 10.7. The number of hydrogen-bond donors (Lipinski definition) is 0. The molecule has 0 amide bonds. The normalized spacial score (nSPS) is 12.9. The predicted molar refractivity (Wildman–Crippen MR) is 33.1 cm³/mol. The Morgan fingerprint density at radius 1 is 1.75 bits per heavy atom. The molecule has 0 saturated carbocycles. The number of methoxy groups -OCH3 is 1. The summed E-state index contributed by atoms with van der Waals surface area (Å²) in [6.45, 7) is 1.88. The molecule has 0 heterocycles. The third-order valence-electron chi connectivity index (χ3n) is 0.887. The molecule has 0 aliphatic rings. The quantitative estimate of drug-likeness (QED) is 0.463. The SMILES string of the molecule is COC(=O)C(C)[Se]C. The van der Waals surface area contributed by atoms with Gasteiger partial charge < -0.3 is 0 Å². The molecule has 0 fully saturated rings. The van der Waals surface area contributed by atoms with Crippen LogP contribution in [0.25, 0.3) is 0 Å². The summed E-state index contributed by atoms with van der Waals surface area (Å²) in [7, 11) is 1.42. The fourth-order valence-corrected chi connectivity index (χ4v) is 0.868. The van der Waals surface area contributed by atoms with Crippen LogP contribution in [0.15, 0.2) is 0 Å². The van der Waals surface area contributed by atoms with Gasteiger partial charge in [0.05, 0.1) is 0 Å². The average molecular weight is 181 g/mol. The molecule has 0 aromatic heterocycles. The van der Waals surface area contributed by atoms with Gasteiger partial charge in [0, 0.05) is 0 Å². The van der Waals surface area contributed by atoms with Crippen LogP contribution in [0, 0.1) is 0 Å². The van der Waals surface area contributed by atoms with Gasteiger partial charge in [-0.25, -0.2) is 0 Å². The third-order valence-corrected chi connectivity index (χ3v) is 2.77. The van der Waals surface area contributed by atoms with Crippen LogP contribution in [0.3, 0.4) is 0 Å². The summed E-state index contributed by atoms with van der Waals surface area (Å²) in [5, 5.41) is 0. The molecule has 0 aliphatic carbocycles. The summed E-state index contributed by atoms with van der Waals surface area (Å²) in [6.07, 6.45) is 0. The van der Waals surface area contributed by atoms with Crippen molar-refractivity contribution < 1.29 is 9.53 Å². The molecule has 0 rings (SSSR count). The van der Waals surface area contributed by atoms with Crippen LogP contribution in [-0.2, 0) is 9.53 Å². The maximum absolute atomic E-state index is 10.5. The molecule has 0 saturated heterocycles. The summed E-state index contributed by atoms with van der Waals surface area (Å²) in [5.74, 6) is 1.93.